The van der Waals surface area contributed by atoms with E-state index in [1.54, 1.807) is 6.07 Å². The fraction of sp³-hybridized carbons (Fsp3) is 0.370. The van der Waals surface area contributed by atoms with Gasteiger partial charge in [0, 0.05) is 12.4 Å². The number of nitrogens with one attached hydrogen (secondary N) is 1. The van der Waals surface area contributed by atoms with Crippen molar-refractivity contribution in [1.82, 2.24) is 14.5 Å². The number of hydrogen-bond acceptors (Lipinski definition) is 6. The topological polar surface area (TPSA) is 103 Å². The highest BCUT2D eigenvalue weighted by molar-refractivity contribution is 5.93. The molecule has 1 fully saturated rings. The molecule has 3 aromatic rings. The third kappa shape index (κ3) is 7.27. The number of carbonyl (C=O) groups is 2. The number of anilines is 1. The minimum Gasteiger partial charge on any atom is -0.461 e. The minimum atomic E-state index is -4.76. The highest BCUT2D eigenvalue weighted by Gasteiger charge is 2.35. The van der Waals surface area contributed by atoms with Crippen LogP contribution in [0.2, 0.25) is 0 Å². The van der Waals surface area contributed by atoms with E-state index in [0.29, 0.717) is 18.0 Å². The van der Waals surface area contributed by atoms with Gasteiger partial charge in [0.05, 0.1) is 12.6 Å². The molecule has 11 heteroatoms. The van der Waals surface area contributed by atoms with Gasteiger partial charge in [-0.1, -0.05) is 62.1 Å². The number of hydrogen-bond donors (Lipinski definition) is 1. The van der Waals surface area contributed by atoms with Gasteiger partial charge in [-0.3, -0.25) is 19.0 Å². The lowest BCUT2D eigenvalue weighted by Gasteiger charge is -2.23. The molecule has 1 aliphatic rings. The van der Waals surface area contributed by atoms with Crippen molar-refractivity contribution in [3.63, 3.8) is 0 Å². The predicted octanol–water partition coefficient (Wildman–Crippen LogP) is 4.70. The van der Waals surface area contributed by atoms with E-state index in [2.05, 4.69) is 15.3 Å². The molecule has 0 aliphatic heterocycles. The molecule has 1 N–H and O–H groups in total. The molecule has 1 saturated carbocycles. The standard InChI is InChI=1S/C27H27F3N4O4/c28-27(29,30)22-16-34(24(35)15-31-22)21(12-18-6-4-5-7-18)26(37)33-23-11-10-20(14-32-23)13-25(36)38-17-19-8-2-1-3-9-19/h1-3,8-11,14-16,18,21H,4-7,12-13,17H2,(H,32,33,37)/t21-/m0/s1. The number of pyridine rings is 1. The quantitative estimate of drug-likeness (QED) is 0.404. The van der Waals surface area contributed by atoms with Crippen molar-refractivity contribution in [2.45, 2.75) is 57.3 Å². The number of carbonyl (C=O) groups excluding carboxylic acids is 2. The van der Waals surface area contributed by atoms with Gasteiger partial charge in [-0.15, -0.1) is 0 Å². The molecule has 0 bridgehead atoms. The smallest absolute Gasteiger partial charge is 0.434 e. The second-order valence-corrected chi connectivity index (χ2v) is 9.28. The van der Waals surface area contributed by atoms with Crippen LogP contribution in [0.5, 0.6) is 0 Å². The average molecular weight is 529 g/mol. The van der Waals surface area contributed by atoms with Crippen molar-refractivity contribution in [3.05, 3.63) is 88.2 Å². The summed E-state index contributed by atoms with van der Waals surface area (Å²) in [4.78, 5) is 45.2. The van der Waals surface area contributed by atoms with E-state index < -0.39 is 35.3 Å². The van der Waals surface area contributed by atoms with E-state index in [1.165, 1.54) is 12.3 Å². The molecule has 1 aliphatic carbocycles. The molecule has 4 rings (SSSR count). The molecule has 0 saturated heterocycles. The summed E-state index contributed by atoms with van der Waals surface area (Å²) >= 11 is 0. The maximum Gasteiger partial charge on any atom is 0.434 e. The third-order valence-electron chi connectivity index (χ3n) is 6.46. The molecular weight excluding hydrogens is 501 g/mol. The Morgan fingerprint density at radius 1 is 1.03 bits per heavy atom. The Morgan fingerprint density at radius 3 is 2.42 bits per heavy atom. The number of alkyl halides is 3. The van der Waals surface area contributed by atoms with E-state index in [-0.39, 0.29) is 31.2 Å². The molecule has 2 heterocycles. The van der Waals surface area contributed by atoms with Gasteiger partial charge in [0.25, 0.3) is 5.56 Å². The van der Waals surface area contributed by atoms with Gasteiger partial charge in [0.15, 0.2) is 5.69 Å². The van der Waals surface area contributed by atoms with E-state index in [0.717, 1.165) is 35.8 Å². The zero-order valence-corrected chi connectivity index (χ0v) is 20.5. The molecule has 2 aromatic heterocycles. The number of ether oxygens (including phenoxy) is 1. The van der Waals surface area contributed by atoms with Crippen LogP contribution in [0.4, 0.5) is 19.0 Å². The van der Waals surface area contributed by atoms with Crippen LogP contribution in [-0.4, -0.2) is 26.4 Å². The number of halogens is 3. The molecule has 8 nitrogen and oxygen atoms in total. The van der Waals surface area contributed by atoms with E-state index in [4.69, 9.17) is 4.74 Å². The molecule has 38 heavy (non-hydrogen) atoms. The van der Waals surface area contributed by atoms with Gasteiger partial charge in [0.1, 0.15) is 18.5 Å². The summed E-state index contributed by atoms with van der Waals surface area (Å²) in [6.07, 6.45) is 1.63. The van der Waals surface area contributed by atoms with Crippen LogP contribution in [0.25, 0.3) is 0 Å². The molecule has 0 spiro atoms. The zero-order chi connectivity index (χ0) is 27.1. The van der Waals surface area contributed by atoms with Crippen LogP contribution in [-0.2, 0) is 33.5 Å². The summed E-state index contributed by atoms with van der Waals surface area (Å²) in [7, 11) is 0. The second kappa shape index (κ2) is 12.0. The maximum atomic E-state index is 13.3. The lowest BCUT2D eigenvalue weighted by Crippen LogP contribution is -2.35. The van der Waals surface area contributed by atoms with Crippen molar-refractivity contribution in [1.29, 1.82) is 0 Å². The van der Waals surface area contributed by atoms with Gasteiger partial charge in [-0.2, -0.15) is 13.2 Å². The van der Waals surface area contributed by atoms with Gasteiger partial charge >= 0.3 is 12.1 Å². The Hall–Kier alpha value is -4.02. The van der Waals surface area contributed by atoms with Crippen LogP contribution in [0.15, 0.2) is 65.8 Å². The highest BCUT2D eigenvalue weighted by atomic mass is 19.4. The third-order valence-corrected chi connectivity index (χ3v) is 6.46. The number of aromatic nitrogens is 3. The predicted molar refractivity (Wildman–Crippen MR) is 132 cm³/mol. The Morgan fingerprint density at radius 2 is 1.76 bits per heavy atom. The first-order valence-electron chi connectivity index (χ1n) is 12.3. The van der Waals surface area contributed by atoms with Crippen molar-refractivity contribution in [3.8, 4) is 0 Å². The van der Waals surface area contributed by atoms with Crippen molar-refractivity contribution >= 4 is 17.7 Å². The Labute approximate surface area is 216 Å². The van der Waals surface area contributed by atoms with Gasteiger partial charge < -0.3 is 10.1 Å². The number of nitrogens with zero attached hydrogens (tertiary/aromatic N) is 3. The van der Waals surface area contributed by atoms with Crippen LogP contribution in [0, 0.1) is 5.92 Å². The second-order valence-electron chi connectivity index (χ2n) is 9.28. The summed E-state index contributed by atoms with van der Waals surface area (Å²) in [6, 6.07) is 11.2. The fourth-order valence-electron chi connectivity index (χ4n) is 4.49. The fourth-order valence-corrected chi connectivity index (χ4v) is 4.49. The van der Waals surface area contributed by atoms with E-state index >= 15 is 0 Å². The first-order valence-corrected chi connectivity index (χ1v) is 12.3. The summed E-state index contributed by atoms with van der Waals surface area (Å²) in [5.74, 6) is -0.842. The molecule has 200 valence electrons. The molecule has 0 unspecified atom stereocenters. The van der Waals surface area contributed by atoms with Gasteiger partial charge in [-0.05, 0) is 29.5 Å². The Balaban J connectivity index is 1.44. The van der Waals surface area contributed by atoms with Crippen LogP contribution < -0.4 is 10.9 Å². The van der Waals surface area contributed by atoms with Crippen molar-refractivity contribution < 1.29 is 27.5 Å². The van der Waals surface area contributed by atoms with Crippen LogP contribution in [0.3, 0.4) is 0 Å². The molecule has 1 atom stereocenters. The summed E-state index contributed by atoms with van der Waals surface area (Å²) < 4.78 is 45.8. The summed E-state index contributed by atoms with van der Waals surface area (Å²) in [5.41, 5.74) is -0.625. The summed E-state index contributed by atoms with van der Waals surface area (Å²) in [5, 5.41) is 2.60. The van der Waals surface area contributed by atoms with E-state index in [9.17, 15) is 27.6 Å². The van der Waals surface area contributed by atoms with Gasteiger partial charge in [-0.25, -0.2) is 9.97 Å². The molecule has 0 radical (unpaired) electrons. The lowest BCUT2D eigenvalue weighted by molar-refractivity contribution is -0.144. The summed E-state index contributed by atoms with van der Waals surface area (Å²) in [6.45, 7) is 0.147. The minimum absolute atomic E-state index is 0.0228. The monoisotopic (exact) mass is 528 g/mol. The molecule has 1 amide bonds. The average Bonchev–Trinajstić information content (AvgIpc) is 3.41. The van der Waals surface area contributed by atoms with Crippen LogP contribution in [0.1, 0.15) is 55.0 Å². The first-order chi connectivity index (χ1) is 18.2. The number of amides is 1. The zero-order valence-electron chi connectivity index (χ0n) is 20.5. The largest absolute Gasteiger partial charge is 0.461 e. The Kier molecular flexibility index (Phi) is 8.55. The Bertz CT molecular complexity index is 1300. The SMILES string of the molecule is O=C(Cc1ccc(NC(=O)[C@H](CC2CCCC2)n2cc(C(F)(F)F)ncc2=O)nc1)OCc1ccccc1. The normalized spacial score (nSPS) is 14.7. The number of benzene rings is 1. The van der Waals surface area contributed by atoms with Crippen molar-refractivity contribution in [2.75, 3.05) is 5.32 Å². The highest BCUT2D eigenvalue weighted by Crippen LogP contribution is 2.33. The number of rotatable bonds is 9. The van der Waals surface area contributed by atoms with E-state index in [1.807, 2.05) is 30.3 Å². The van der Waals surface area contributed by atoms with Gasteiger partial charge in [0.2, 0.25) is 5.91 Å². The lowest BCUT2D eigenvalue weighted by atomic mass is 9.97. The van der Waals surface area contributed by atoms with Crippen LogP contribution >= 0.6 is 0 Å². The van der Waals surface area contributed by atoms with Crippen molar-refractivity contribution in [2.24, 2.45) is 5.92 Å². The number of esters is 1. The molecular formula is C27H27F3N4O4. The maximum absolute atomic E-state index is 13.3. The molecule has 1 aromatic carbocycles. The first kappa shape index (κ1) is 27.0.